The number of nitrogens with one attached hydrogen (secondary N) is 1. The van der Waals surface area contributed by atoms with Crippen molar-refractivity contribution in [2.45, 2.75) is 64.6 Å². The first-order valence-electron chi connectivity index (χ1n) is 13.7. The Bertz CT molecular complexity index is 1550. The summed E-state index contributed by atoms with van der Waals surface area (Å²) in [6, 6.07) is 11.7. The van der Waals surface area contributed by atoms with E-state index in [0.717, 1.165) is 47.7 Å². The highest BCUT2D eigenvalue weighted by atomic mass is 35.5. The van der Waals surface area contributed by atoms with Crippen molar-refractivity contribution < 1.29 is 13.9 Å². The molecular formula is C31H33ClFN5O2. The van der Waals surface area contributed by atoms with Crippen molar-refractivity contribution in [3.05, 3.63) is 76.7 Å². The zero-order valence-corrected chi connectivity index (χ0v) is 23.3. The molecule has 40 heavy (non-hydrogen) atoms. The molecule has 5 rings (SSSR count). The molecule has 0 spiro atoms. The van der Waals surface area contributed by atoms with E-state index in [2.05, 4.69) is 22.5 Å². The molecule has 0 radical (unpaired) electrons. The smallest absolute Gasteiger partial charge is 0.220 e. The minimum atomic E-state index is -0.314. The number of aromatic nitrogens is 3. The van der Waals surface area contributed by atoms with Crippen LogP contribution in [0.1, 0.15) is 56.6 Å². The molecule has 0 aliphatic carbocycles. The number of aryl methyl sites for hydroxylation is 1. The average Bonchev–Trinajstić information content (AvgIpc) is 3.32. The molecule has 4 aromatic rings. The summed E-state index contributed by atoms with van der Waals surface area (Å²) in [7, 11) is 0. The topological polar surface area (TPSA) is 95.1 Å². The van der Waals surface area contributed by atoms with Gasteiger partial charge in [-0.2, -0.15) is 5.10 Å². The average molecular weight is 562 g/mol. The number of nitrogens with two attached hydrogens (primary N) is 1. The molecule has 3 heterocycles. The molecule has 0 saturated carbocycles. The van der Waals surface area contributed by atoms with Gasteiger partial charge in [0.25, 0.3) is 0 Å². The van der Waals surface area contributed by atoms with Crippen LogP contribution >= 0.6 is 11.6 Å². The molecule has 9 heteroatoms. The molecule has 2 aromatic heterocycles. The number of halogens is 2. The Kier molecular flexibility index (Phi) is 8.65. The zero-order valence-electron chi connectivity index (χ0n) is 22.5. The van der Waals surface area contributed by atoms with Gasteiger partial charge in [0.15, 0.2) is 0 Å². The van der Waals surface area contributed by atoms with Crippen LogP contribution in [0.25, 0.3) is 28.2 Å². The SMILES string of the molecule is CC1CCn2nc(-c3ccc(OCc4cccc(F)c4)c(Cl)c3)c3c(N)ncc(c32)/C=C/CCCCCC(=O)N1. The van der Waals surface area contributed by atoms with Crippen molar-refractivity contribution in [3.63, 3.8) is 0 Å². The zero-order chi connectivity index (χ0) is 28.1. The number of hydrogen-bond donors (Lipinski definition) is 2. The minimum absolute atomic E-state index is 0.00229. The summed E-state index contributed by atoms with van der Waals surface area (Å²) in [6.07, 6.45) is 11.1. The monoisotopic (exact) mass is 561 g/mol. The summed E-state index contributed by atoms with van der Waals surface area (Å²) >= 11 is 6.63. The quantitative estimate of drug-likeness (QED) is 0.282. The Hall–Kier alpha value is -3.91. The van der Waals surface area contributed by atoms with Crippen LogP contribution < -0.4 is 15.8 Å². The van der Waals surface area contributed by atoms with Gasteiger partial charge in [0.05, 0.1) is 15.9 Å². The van der Waals surface area contributed by atoms with Gasteiger partial charge in [-0.1, -0.05) is 42.3 Å². The molecule has 1 aliphatic heterocycles. The first-order valence-corrected chi connectivity index (χ1v) is 14.0. The van der Waals surface area contributed by atoms with E-state index in [1.54, 1.807) is 30.5 Å². The van der Waals surface area contributed by atoms with E-state index in [0.29, 0.717) is 47.2 Å². The lowest BCUT2D eigenvalue weighted by molar-refractivity contribution is -0.121. The Morgan fingerprint density at radius 3 is 2.90 bits per heavy atom. The number of carbonyl (C=O) groups excluding carboxylic acids is 1. The largest absolute Gasteiger partial charge is 0.487 e. The summed E-state index contributed by atoms with van der Waals surface area (Å²) in [6.45, 7) is 2.79. The number of pyridine rings is 1. The van der Waals surface area contributed by atoms with Crippen LogP contribution in [0.5, 0.6) is 5.75 Å². The van der Waals surface area contributed by atoms with Crippen LogP contribution in [-0.2, 0) is 17.9 Å². The molecular weight excluding hydrogens is 529 g/mol. The fourth-order valence-corrected chi connectivity index (χ4v) is 5.21. The Morgan fingerprint density at radius 1 is 1.20 bits per heavy atom. The number of nitrogen functional groups attached to an aromatic ring is 1. The Morgan fingerprint density at radius 2 is 2.08 bits per heavy atom. The van der Waals surface area contributed by atoms with Gasteiger partial charge in [0.2, 0.25) is 5.91 Å². The third-order valence-electron chi connectivity index (χ3n) is 7.07. The Labute approximate surface area is 238 Å². The number of allylic oxidation sites excluding steroid dienone is 1. The van der Waals surface area contributed by atoms with Crippen molar-refractivity contribution in [2.24, 2.45) is 0 Å². The predicted molar refractivity (Wildman–Crippen MR) is 157 cm³/mol. The Balaban J connectivity index is 1.50. The van der Waals surface area contributed by atoms with E-state index in [1.165, 1.54) is 12.1 Å². The molecule has 1 unspecified atom stereocenters. The molecule has 0 saturated heterocycles. The molecule has 1 aliphatic rings. The van der Waals surface area contributed by atoms with E-state index in [1.807, 2.05) is 17.7 Å². The van der Waals surface area contributed by atoms with Gasteiger partial charge in [-0.3, -0.25) is 9.48 Å². The lowest BCUT2D eigenvalue weighted by Gasteiger charge is -2.14. The lowest BCUT2D eigenvalue weighted by atomic mass is 10.1. The standard InChI is InChI=1S/C31H33ClFN5O2/c1-20-14-15-38-30-23(9-5-3-2-4-6-11-27(39)36-20)18-35-31(34)28(30)29(37-38)22-12-13-26(25(32)17-22)40-19-21-8-7-10-24(33)16-21/h5,7-10,12-13,16-18,20H,2-4,6,11,14-15,19H2,1H3,(H2,34,35)(H,36,39)/b9-5+. The molecule has 1 amide bonds. The second-order valence-electron chi connectivity index (χ2n) is 10.2. The van der Waals surface area contributed by atoms with Crippen molar-refractivity contribution in [1.29, 1.82) is 0 Å². The summed E-state index contributed by atoms with van der Waals surface area (Å²) < 4.78 is 21.4. The van der Waals surface area contributed by atoms with E-state index in [-0.39, 0.29) is 24.4 Å². The van der Waals surface area contributed by atoms with Crippen LogP contribution in [0.3, 0.4) is 0 Å². The number of amides is 1. The third-order valence-corrected chi connectivity index (χ3v) is 7.36. The first kappa shape index (κ1) is 27.6. The van der Waals surface area contributed by atoms with Crippen LogP contribution in [-0.4, -0.2) is 26.7 Å². The summed E-state index contributed by atoms with van der Waals surface area (Å²) in [5, 5.41) is 9.25. The number of ether oxygens (including phenoxy) is 1. The van der Waals surface area contributed by atoms with Gasteiger partial charge in [0, 0.05) is 36.3 Å². The molecule has 208 valence electrons. The molecule has 3 N–H and O–H groups in total. The van der Waals surface area contributed by atoms with Gasteiger partial charge in [-0.25, -0.2) is 9.37 Å². The summed E-state index contributed by atoms with van der Waals surface area (Å²) in [5.74, 6) is 0.646. The van der Waals surface area contributed by atoms with Crippen molar-refractivity contribution >= 4 is 40.3 Å². The fourth-order valence-electron chi connectivity index (χ4n) is 4.97. The second-order valence-corrected chi connectivity index (χ2v) is 10.6. The fraction of sp³-hybridized carbons (Fsp3) is 0.323. The van der Waals surface area contributed by atoms with Crippen molar-refractivity contribution in [3.8, 4) is 17.0 Å². The molecule has 0 bridgehead atoms. The van der Waals surface area contributed by atoms with Crippen LogP contribution in [0.15, 0.2) is 54.7 Å². The summed E-state index contributed by atoms with van der Waals surface area (Å²) in [4.78, 5) is 16.8. The number of anilines is 1. The highest BCUT2D eigenvalue weighted by molar-refractivity contribution is 6.32. The van der Waals surface area contributed by atoms with Crippen LogP contribution in [0, 0.1) is 5.82 Å². The highest BCUT2D eigenvalue weighted by Gasteiger charge is 2.20. The van der Waals surface area contributed by atoms with E-state index < -0.39 is 0 Å². The lowest BCUT2D eigenvalue weighted by Crippen LogP contribution is -2.33. The number of nitrogens with zero attached hydrogens (tertiary/aromatic N) is 3. The van der Waals surface area contributed by atoms with E-state index in [9.17, 15) is 9.18 Å². The van der Waals surface area contributed by atoms with Gasteiger partial charge in [-0.05, 0) is 68.5 Å². The maximum Gasteiger partial charge on any atom is 0.220 e. The number of carbonyl (C=O) groups is 1. The van der Waals surface area contributed by atoms with Crippen LogP contribution in [0.2, 0.25) is 5.02 Å². The third kappa shape index (κ3) is 6.45. The normalized spacial score (nSPS) is 17.6. The van der Waals surface area contributed by atoms with Gasteiger partial charge >= 0.3 is 0 Å². The molecule has 2 aromatic carbocycles. The van der Waals surface area contributed by atoms with E-state index >= 15 is 0 Å². The number of hydrogen-bond acceptors (Lipinski definition) is 5. The maximum absolute atomic E-state index is 13.5. The maximum atomic E-state index is 13.5. The predicted octanol–water partition coefficient (Wildman–Crippen LogP) is 6.92. The molecule has 7 nitrogen and oxygen atoms in total. The van der Waals surface area contributed by atoms with E-state index in [4.69, 9.17) is 27.2 Å². The first-order chi connectivity index (χ1) is 19.4. The molecule has 1 atom stereocenters. The van der Waals surface area contributed by atoms with Gasteiger partial charge in [-0.15, -0.1) is 0 Å². The van der Waals surface area contributed by atoms with Crippen molar-refractivity contribution in [1.82, 2.24) is 20.1 Å². The molecule has 0 fully saturated rings. The number of rotatable bonds is 4. The minimum Gasteiger partial charge on any atom is -0.487 e. The summed E-state index contributed by atoms with van der Waals surface area (Å²) in [5.41, 5.74) is 10.4. The van der Waals surface area contributed by atoms with Gasteiger partial charge < -0.3 is 15.8 Å². The number of benzene rings is 2. The second kappa shape index (κ2) is 12.5. The van der Waals surface area contributed by atoms with Crippen LogP contribution in [0.4, 0.5) is 10.2 Å². The highest BCUT2D eigenvalue weighted by Crippen LogP contribution is 2.37. The van der Waals surface area contributed by atoms with Gasteiger partial charge in [0.1, 0.15) is 29.7 Å². The van der Waals surface area contributed by atoms with Crippen molar-refractivity contribution in [2.75, 3.05) is 5.73 Å².